The lowest BCUT2D eigenvalue weighted by molar-refractivity contribution is 0.0689. The molecule has 6 heteroatoms. The van der Waals surface area contributed by atoms with Crippen LogP contribution in [-0.2, 0) is 6.61 Å². The molecular formula is C14H13ClN2O3. The molecular weight excluding hydrogens is 280 g/mol. The first-order valence-electron chi connectivity index (χ1n) is 5.92. The lowest BCUT2D eigenvalue weighted by Crippen LogP contribution is -2.08. The third kappa shape index (κ3) is 3.24. The second-order valence-electron chi connectivity index (χ2n) is 4.32. The summed E-state index contributed by atoms with van der Waals surface area (Å²) in [6.45, 7) is 4.09. The number of carbonyl (C=O) groups is 1. The van der Waals surface area contributed by atoms with E-state index in [1.54, 1.807) is 0 Å². The molecule has 104 valence electrons. The van der Waals surface area contributed by atoms with Crippen LogP contribution >= 0.6 is 11.6 Å². The number of aryl methyl sites for hydroxylation is 2. The molecule has 0 aliphatic rings. The molecule has 0 unspecified atom stereocenters. The fourth-order valence-corrected chi connectivity index (χ4v) is 1.75. The molecule has 5 nitrogen and oxygen atoms in total. The minimum atomic E-state index is -1.19. The van der Waals surface area contributed by atoms with Crippen molar-refractivity contribution in [1.82, 2.24) is 9.97 Å². The summed E-state index contributed by atoms with van der Waals surface area (Å²) in [5.74, 6) is -0.238. The number of rotatable bonds is 4. The van der Waals surface area contributed by atoms with Gasteiger partial charge in [0.15, 0.2) is 11.5 Å². The van der Waals surface area contributed by atoms with Crippen LogP contribution in [0.4, 0.5) is 0 Å². The zero-order chi connectivity index (χ0) is 14.7. The van der Waals surface area contributed by atoms with Gasteiger partial charge in [0.25, 0.3) is 0 Å². The van der Waals surface area contributed by atoms with E-state index in [0.717, 1.165) is 5.56 Å². The van der Waals surface area contributed by atoms with Gasteiger partial charge in [0, 0.05) is 0 Å². The van der Waals surface area contributed by atoms with Crippen LogP contribution in [-0.4, -0.2) is 21.0 Å². The highest BCUT2D eigenvalue weighted by Crippen LogP contribution is 2.18. The minimum Gasteiger partial charge on any atom is -0.486 e. The summed E-state index contributed by atoms with van der Waals surface area (Å²) in [4.78, 5) is 18.7. The van der Waals surface area contributed by atoms with Crippen molar-refractivity contribution in [3.63, 3.8) is 0 Å². The Morgan fingerprint density at radius 1 is 1.35 bits per heavy atom. The average Bonchev–Trinajstić information content (AvgIpc) is 2.41. The first-order valence-corrected chi connectivity index (χ1v) is 6.30. The molecule has 2 aromatic rings. The molecule has 0 spiro atoms. The Bertz CT molecular complexity index is 659. The predicted molar refractivity (Wildman–Crippen MR) is 74.2 cm³/mol. The number of halogens is 1. The van der Waals surface area contributed by atoms with Gasteiger partial charge >= 0.3 is 5.97 Å². The fourth-order valence-electron chi connectivity index (χ4n) is 1.57. The van der Waals surface area contributed by atoms with Crippen molar-refractivity contribution in [2.75, 3.05) is 0 Å². The first kappa shape index (κ1) is 14.3. The highest BCUT2D eigenvalue weighted by atomic mass is 35.5. The molecule has 0 saturated heterocycles. The number of carboxylic acid groups (broad SMARTS) is 1. The van der Waals surface area contributed by atoms with E-state index < -0.39 is 5.97 Å². The molecule has 0 aliphatic heterocycles. The Morgan fingerprint density at radius 3 is 2.75 bits per heavy atom. The molecule has 1 aromatic heterocycles. The zero-order valence-electron chi connectivity index (χ0n) is 11.1. The van der Waals surface area contributed by atoms with Crippen molar-refractivity contribution in [2.45, 2.75) is 20.5 Å². The van der Waals surface area contributed by atoms with Crippen LogP contribution in [0.15, 0.2) is 24.4 Å². The van der Waals surface area contributed by atoms with Crippen LogP contribution in [0.1, 0.15) is 27.4 Å². The lowest BCUT2D eigenvalue weighted by Gasteiger charge is -2.08. The lowest BCUT2D eigenvalue weighted by atomic mass is 10.1. The van der Waals surface area contributed by atoms with Crippen molar-refractivity contribution >= 4 is 17.6 Å². The maximum atomic E-state index is 10.9. The maximum absolute atomic E-state index is 10.9. The van der Waals surface area contributed by atoms with Gasteiger partial charge in [-0.1, -0.05) is 17.7 Å². The Labute approximate surface area is 121 Å². The number of hydrogen-bond acceptors (Lipinski definition) is 4. The quantitative estimate of drug-likeness (QED) is 0.938. The summed E-state index contributed by atoms with van der Waals surface area (Å²) < 4.78 is 5.54. The summed E-state index contributed by atoms with van der Waals surface area (Å²) in [5, 5.41) is 8.93. The Kier molecular flexibility index (Phi) is 4.20. The number of nitrogens with zero attached hydrogens (tertiary/aromatic N) is 2. The van der Waals surface area contributed by atoms with Crippen LogP contribution in [0, 0.1) is 13.8 Å². The van der Waals surface area contributed by atoms with E-state index in [2.05, 4.69) is 9.97 Å². The molecule has 1 N–H and O–H groups in total. The topological polar surface area (TPSA) is 72.3 Å². The smallest absolute Gasteiger partial charge is 0.356 e. The van der Waals surface area contributed by atoms with Gasteiger partial charge in [-0.25, -0.2) is 14.8 Å². The monoisotopic (exact) mass is 292 g/mol. The van der Waals surface area contributed by atoms with Crippen LogP contribution < -0.4 is 4.74 Å². The van der Waals surface area contributed by atoms with Crippen LogP contribution in [0.3, 0.4) is 0 Å². The van der Waals surface area contributed by atoms with Gasteiger partial charge < -0.3 is 9.84 Å². The van der Waals surface area contributed by atoms with E-state index in [1.165, 1.54) is 11.8 Å². The molecule has 0 radical (unpaired) electrons. The molecule has 2 rings (SSSR count). The number of hydrogen-bond donors (Lipinski definition) is 1. The third-order valence-corrected chi connectivity index (χ3v) is 3.12. The van der Waals surface area contributed by atoms with Crippen molar-refractivity contribution < 1.29 is 14.6 Å². The van der Waals surface area contributed by atoms with Gasteiger partial charge in [-0.2, -0.15) is 0 Å². The Morgan fingerprint density at radius 2 is 2.10 bits per heavy atom. The standard InChI is InChI=1S/C14H13ClN2O3/c1-8-3-4-10(5-9(8)2)20-7-12-16-6-11(15)13(17-12)14(18)19/h3-6H,7H2,1-2H3,(H,18,19). The van der Waals surface area contributed by atoms with Gasteiger partial charge in [0.05, 0.1) is 11.2 Å². The van der Waals surface area contributed by atoms with Crippen molar-refractivity contribution in [3.8, 4) is 5.75 Å². The third-order valence-electron chi connectivity index (χ3n) is 2.84. The van der Waals surface area contributed by atoms with E-state index in [1.807, 2.05) is 32.0 Å². The predicted octanol–water partition coefficient (Wildman–Crippen LogP) is 3.02. The molecule has 0 fully saturated rings. The van der Waals surface area contributed by atoms with Gasteiger partial charge in [0.2, 0.25) is 0 Å². The van der Waals surface area contributed by atoms with Crippen LogP contribution in [0.5, 0.6) is 5.75 Å². The second-order valence-corrected chi connectivity index (χ2v) is 4.73. The van der Waals surface area contributed by atoms with Crippen LogP contribution in [0.25, 0.3) is 0 Å². The second kappa shape index (κ2) is 5.88. The molecule has 0 atom stereocenters. The maximum Gasteiger partial charge on any atom is 0.356 e. The number of aromatic carboxylic acids is 1. The fraction of sp³-hybridized carbons (Fsp3) is 0.214. The van der Waals surface area contributed by atoms with E-state index in [9.17, 15) is 4.79 Å². The Hall–Kier alpha value is -2.14. The van der Waals surface area contributed by atoms with Gasteiger partial charge in [-0.15, -0.1) is 0 Å². The number of benzene rings is 1. The van der Waals surface area contributed by atoms with Gasteiger partial charge in [0.1, 0.15) is 12.4 Å². The van der Waals surface area contributed by atoms with Crippen molar-refractivity contribution in [2.24, 2.45) is 0 Å². The molecule has 20 heavy (non-hydrogen) atoms. The van der Waals surface area contributed by atoms with Gasteiger partial charge in [-0.05, 0) is 37.1 Å². The summed E-state index contributed by atoms with van der Waals surface area (Å²) in [6, 6.07) is 5.70. The number of ether oxygens (including phenoxy) is 1. The zero-order valence-corrected chi connectivity index (χ0v) is 11.8. The van der Waals surface area contributed by atoms with E-state index in [0.29, 0.717) is 5.75 Å². The normalized spacial score (nSPS) is 10.3. The summed E-state index contributed by atoms with van der Waals surface area (Å²) in [5.41, 5.74) is 2.07. The first-order chi connectivity index (χ1) is 9.47. The summed E-state index contributed by atoms with van der Waals surface area (Å²) >= 11 is 5.70. The summed E-state index contributed by atoms with van der Waals surface area (Å²) in [6.07, 6.45) is 1.26. The minimum absolute atomic E-state index is 0.00688. The molecule has 0 aliphatic carbocycles. The molecule has 0 saturated carbocycles. The van der Waals surface area contributed by atoms with Crippen molar-refractivity contribution in [3.05, 3.63) is 52.1 Å². The molecule has 0 amide bonds. The SMILES string of the molecule is Cc1ccc(OCc2ncc(Cl)c(C(=O)O)n2)cc1C. The highest BCUT2D eigenvalue weighted by molar-refractivity contribution is 6.33. The van der Waals surface area contributed by atoms with Gasteiger partial charge in [-0.3, -0.25) is 0 Å². The van der Waals surface area contributed by atoms with E-state index in [4.69, 9.17) is 21.4 Å². The number of carboxylic acids is 1. The molecule has 1 heterocycles. The molecule has 1 aromatic carbocycles. The Balaban J connectivity index is 2.12. The average molecular weight is 293 g/mol. The number of aromatic nitrogens is 2. The van der Waals surface area contributed by atoms with E-state index in [-0.39, 0.29) is 23.1 Å². The largest absolute Gasteiger partial charge is 0.486 e. The van der Waals surface area contributed by atoms with Crippen molar-refractivity contribution in [1.29, 1.82) is 0 Å². The van der Waals surface area contributed by atoms with E-state index >= 15 is 0 Å². The molecule has 0 bridgehead atoms. The highest BCUT2D eigenvalue weighted by Gasteiger charge is 2.12. The van der Waals surface area contributed by atoms with Crippen LogP contribution in [0.2, 0.25) is 5.02 Å². The summed E-state index contributed by atoms with van der Waals surface area (Å²) in [7, 11) is 0.